The lowest BCUT2D eigenvalue weighted by molar-refractivity contribution is 0.256. The summed E-state index contributed by atoms with van der Waals surface area (Å²) in [6.45, 7) is 6.93. The Morgan fingerprint density at radius 2 is 1.74 bits per heavy atom. The first-order chi connectivity index (χ1) is 14.6. The van der Waals surface area contributed by atoms with E-state index < -0.39 is 0 Å². The van der Waals surface area contributed by atoms with E-state index in [1.165, 1.54) is 23.3 Å². The van der Waals surface area contributed by atoms with Crippen LogP contribution in [-0.4, -0.2) is 51.3 Å². The minimum Gasteiger partial charge on any atom is -0.493 e. The fourth-order valence-electron chi connectivity index (χ4n) is 3.57. The quantitative estimate of drug-likeness (QED) is 0.304. The Bertz CT molecular complexity index is 861. The average Bonchev–Trinajstić information content (AvgIpc) is 2.77. The van der Waals surface area contributed by atoms with Crippen LogP contribution in [0.25, 0.3) is 0 Å². The van der Waals surface area contributed by atoms with E-state index in [1.54, 1.807) is 26.4 Å². The first-order valence-corrected chi connectivity index (χ1v) is 10.4. The molecule has 3 rings (SSSR count). The van der Waals surface area contributed by atoms with Gasteiger partial charge < -0.3 is 20.1 Å². The zero-order chi connectivity index (χ0) is 21.3. The second-order valence-corrected chi connectivity index (χ2v) is 7.25. The summed E-state index contributed by atoms with van der Waals surface area (Å²) in [5, 5.41) is 6.65. The number of aliphatic imine (C=N–C) groups is 1. The molecule has 1 aliphatic rings. The number of hydrogen-bond donors (Lipinski definition) is 2. The van der Waals surface area contributed by atoms with Gasteiger partial charge in [0.15, 0.2) is 17.5 Å². The molecular formula is C23H32FIN4O2. The van der Waals surface area contributed by atoms with E-state index in [0.717, 1.165) is 62.2 Å². The smallest absolute Gasteiger partial charge is 0.191 e. The van der Waals surface area contributed by atoms with Crippen molar-refractivity contribution in [3.8, 4) is 11.5 Å². The van der Waals surface area contributed by atoms with Crippen LogP contribution in [0, 0.1) is 5.82 Å². The molecule has 0 unspecified atom stereocenters. The number of hydrogen-bond acceptors (Lipinski definition) is 4. The highest BCUT2D eigenvalue weighted by atomic mass is 127. The highest BCUT2D eigenvalue weighted by Gasteiger charge is 2.19. The van der Waals surface area contributed by atoms with Crippen LogP contribution in [0.5, 0.6) is 11.5 Å². The molecule has 0 saturated heterocycles. The van der Waals surface area contributed by atoms with Gasteiger partial charge in [-0.3, -0.25) is 4.90 Å². The predicted molar refractivity (Wildman–Crippen MR) is 133 cm³/mol. The molecule has 2 N–H and O–H groups in total. The monoisotopic (exact) mass is 542 g/mol. The van der Waals surface area contributed by atoms with Crippen LogP contribution in [-0.2, 0) is 19.5 Å². The van der Waals surface area contributed by atoms with Gasteiger partial charge in [0, 0.05) is 32.7 Å². The molecule has 2 aromatic rings. The number of nitrogens with zero attached hydrogens (tertiary/aromatic N) is 2. The summed E-state index contributed by atoms with van der Waals surface area (Å²) >= 11 is 0. The van der Waals surface area contributed by atoms with Crippen molar-refractivity contribution < 1.29 is 13.9 Å². The van der Waals surface area contributed by atoms with Crippen molar-refractivity contribution >= 4 is 29.9 Å². The Morgan fingerprint density at radius 3 is 2.39 bits per heavy atom. The number of methoxy groups -OCH3 is 2. The van der Waals surface area contributed by atoms with E-state index >= 15 is 0 Å². The van der Waals surface area contributed by atoms with Crippen LogP contribution in [0.15, 0.2) is 41.4 Å². The van der Waals surface area contributed by atoms with Gasteiger partial charge in [-0.2, -0.15) is 0 Å². The molecule has 0 spiro atoms. The molecule has 8 heteroatoms. The molecule has 0 fully saturated rings. The van der Waals surface area contributed by atoms with Gasteiger partial charge in [-0.15, -0.1) is 24.0 Å². The van der Waals surface area contributed by atoms with Gasteiger partial charge in [0.1, 0.15) is 5.82 Å². The minimum atomic E-state index is -0.230. The molecule has 0 atom stereocenters. The molecule has 0 radical (unpaired) electrons. The summed E-state index contributed by atoms with van der Waals surface area (Å²) in [4.78, 5) is 7.02. The van der Waals surface area contributed by atoms with E-state index in [-0.39, 0.29) is 29.8 Å². The Hall–Kier alpha value is -2.07. The van der Waals surface area contributed by atoms with Gasteiger partial charge in [-0.25, -0.2) is 9.38 Å². The normalized spacial score (nSPS) is 13.7. The van der Waals surface area contributed by atoms with Gasteiger partial charge in [0.25, 0.3) is 0 Å². The minimum absolute atomic E-state index is 0. The van der Waals surface area contributed by atoms with Crippen molar-refractivity contribution in [1.82, 2.24) is 15.5 Å². The Labute approximate surface area is 201 Å². The molecule has 0 amide bonds. The van der Waals surface area contributed by atoms with E-state index in [4.69, 9.17) is 9.47 Å². The Kier molecular flexibility index (Phi) is 10.3. The standard InChI is InChI=1S/C23H31FN4O2.HI/c1-4-25-23(27-15-17-5-7-20(24)8-6-17)26-10-12-28-11-9-18-13-21(29-2)22(30-3)14-19(18)16-28;/h5-8,13-14H,4,9-12,15-16H2,1-3H3,(H2,25,26,27);1H. The third kappa shape index (κ3) is 7.24. The van der Waals surface area contributed by atoms with Crippen LogP contribution in [0.2, 0.25) is 0 Å². The highest BCUT2D eigenvalue weighted by molar-refractivity contribution is 14.0. The zero-order valence-electron chi connectivity index (χ0n) is 18.4. The van der Waals surface area contributed by atoms with Gasteiger partial charge in [0.2, 0.25) is 0 Å². The lowest BCUT2D eigenvalue weighted by Crippen LogP contribution is -2.42. The van der Waals surface area contributed by atoms with Crippen molar-refractivity contribution in [2.75, 3.05) is 40.4 Å². The second kappa shape index (κ2) is 12.7. The maximum absolute atomic E-state index is 13.0. The lowest BCUT2D eigenvalue weighted by atomic mass is 9.99. The van der Waals surface area contributed by atoms with E-state index in [0.29, 0.717) is 6.54 Å². The summed E-state index contributed by atoms with van der Waals surface area (Å²) in [6, 6.07) is 10.6. The highest BCUT2D eigenvalue weighted by Crippen LogP contribution is 2.33. The summed E-state index contributed by atoms with van der Waals surface area (Å²) in [5.74, 6) is 2.11. The van der Waals surface area contributed by atoms with Crippen LogP contribution in [0.1, 0.15) is 23.6 Å². The van der Waals surface area contributed by atoms with Gasteiger partial charge in [-0.05, 0) is 54.3 Å². The van der Waals surface area contributed by atoms with Gasteiger partial charge in [0.05, 0.1) is 20.8 Å². The number of benzene rings is 2. The van der Waals surface area contributed by atoms with Crippen LogP contribution in [0.3, 0.4) is 0 Å². The van der Waals surface area contributed by atoms with Crippen LogP contribution in [0.4, 0.5) is 4.39 Å². The predicted octanol–water partition coefficient (Wildman–Crippen LogP) is 3.57. The summed E-state index contributed by atoms with van der Waals surface area (Å²) in [5.41, 5.74) is 3.59. The molecule has 1 heterocycles. The maximum atomic E-state index is 13.0. The Balaban J connectivity index is 0.00000341. The third-order valence-electron chi connectivity index (χ3n) is 5.19. The second-order valence-electron chi connectivity index (χ2n) is 7.25. The average molecular weight is 542 g/mol. The maximum Gasteiger partial charge on any atom is 0.191 e. The third-order valence-corrected chi connectivity index (χ3v) is 5.19. The number of guanidine groups is 1. The van der Waals surface area contributed by atoms with E-state index in [1.807, 2.05) is 6.92 Å². The topological polar surface area (TPSA) is 58.1 Å². The fourth-order valence-corrected chi connectivity index (χ4v) is 3.57. The van der Waals surface area contributed by atoms with Gasteiger partial charge in [-0.1, -0.05) is 12.1 Å². The summed E-state index contributed by atoms with van der Waals surface area (Å²) in [7, 11) is 3.34. The van der Waals surface area contributed by atoms with E-state index in [9.17, 15) is 4.39 Å². The molecule has 6 nitrogen and oxygen atoms in total. The van der Waals surface area contributed by atoms with E-state index in [2.05, 4.69) is 32.7 Å². The van der Waals surface area contributed by atoms with Crippen molar-refractivity contribution in [1.29, 1.82) is 0 Å². The number of halogens is 2. The SMILES string of the molecule is CCNC(=NCc1ccc(F)cc1)NCCN1CCc2cc(OC)c(OC)cc2C1.I. The number of fused-ring (bicyclic) bond motifs is 1. The molecule has 0 aliphatic carbocycles. The number of ether oxygens (including phenoxy) is 2. The zero-order valence-corrected chi connectivity index (χ0v) is 20.7. The molecule has 1 aliphatic heterocycles. The Morgan fingerprint density at radius 1 is 1.06 bits per heavy atom. The van der Waals surface area contributed by atoms with Crippen molar-refractivity contribution in [2.45, 2.75) is 26.4 Å². The largest absolute Gasteiger partial charge is 0.493 e. The van der Waals surface area contributed by atoms with Gasteiger partial charge >= 0.3 is 0 Å². The first-order valence-electron chi connectivity index (χ1n) is 10.4. The molecule has 31 heavy (non-hydrogen) atoms. The molecular weight excluding hydrogens is 510 g/mol. The lowest BCUT2D eigenvalue weighted by Gasteiger charge is -2.29. The molecule has 0 aromatic heterocycles. The molecule has 2 aromatic carbocycles. The molecule has 170 valence electrons. The number of rotatable bonds is 8. The van der Waals surface area contributed by atoms with Crippen molar-refractivity contribution in [2.24, 2.45) is 4.99 Å². The fraction of sp³-hybridized carbons (Fsp3) is 0.435. The molecule has 0 saturated carbocycles. The summed E-state index contributed by atoms with van der Waals surface area (Å²) < 4.78 is 23.9. The van der Waals surface area contributed by atoms with Crippen molar-refractivity contribution in [3.63, 3.8) is 0 Å². The number of nitrogens with one attached hydrogen (secondary N) is 2. The first kappa shape index (κ1) is 25.2. The van der Waals surface area contributed by atoms with Crippen LogP contribution >= 0.6 is 24.0 Å². The molecule has 0 bridgehead atoms. The van der Waals surface area contributed by atoms with Crippen LogP contribution < -0.4 is 20.1 Å². The van der Waals surface area contributed by atoms with Crippen molar-refractivity contribution in [3.05, 3.63) is 58.9 Å². The summed E-state index contributed by atoms with van der Waals surface area (Å²) in [6.07, 6.45) is 0.994.